The smallest absolute Gasteiger partial charge is 0.256 e. The third-order valence-corrected chi connectivity index (χ3v) is 6.74. The molecule has 0 aliphatic carbocycles. The zero-order valence-corrected chi connectivity index (χ0v) is 20.0. The van der Waals surface area contributed by atoms with Gasteiger partial charge in [0.05, 0.1) is 11.3 Å². The van der Waals surface area contributed by atoms with E-state index in [1.165, 1.54) is 18.2 Å². The maximum Gasteiger partial charge on any atom is 0.256 e. The molecule has 176 valence electrons. The summed E-state index contributed by atoms with van der Waals surface area (Å²) in [7, 11) is 0. The van der Waals surface area contributed by atoms with Crippen molar-refractivity contribution in [1.29, 1.82) is 0 Å². The molecule has 3 heterocycles. The van der Waals surface area contributed by atoms with Crippen LogP contribution in [-0.2, 0) is 0 Å². The number of benzene rings is 2. The molecule has 2 aromatic heterocycles. The van der Waals surface area contributed by atoms with E-state index in [1.807, 2.05) is 30.5 Å². The molecule has 1 amide bonds. The van der Waals surface area contributed by atoms with Gasteiger partial charge in [0, 0.05) is 53.7 Å². The lowest BCUT2D eigenvalue weighted by Gasteiger charge is -2.33. The van der Waals surface area contributed by atoms with Crippen molar-refractivity contribution in [2.24, 2.45) is 0 Å². The molecule has 0 saturated carbocycles. The predicted molar refractivity (Wildman–Crippen MR) is 135 cm³/mol. The van der Waals surface area contributed by atoms with Crippen molar-refractivity contribution in [2.75, 3.05) is 13.1 Å². The lowest BCUT2D eigenvalue weighted by Crippen LogP contribution is -2.38. The zero-order valence-electron chi connectivity index (χ0n) is 19.3. The Morgan fingerprint density at radius 1 is 1.03 bits per heavy atom. The first-order chi connectivity index (χ1) is 17.0. The molecule has 0 atom stereocenters. The van der Waals surface area contributed by atoms with Crippen LogP contribution in [0.1, 0.15) is 40.4 Å². The van der Waals surface area contributed by atoms with Gasteiger partial charge in [0.1, 0.15) is 5.82 Å². The van der Waals surface area contributed by atoms with Gasteiger partial charge in [0.2, 0.25) is 0 Å². The van der Waals surface area contributed by atoms with E-state index in [0.717, 1.165) is 40.8 Å². The standard InChI is InChI=1S/C28H24ClFN4O/c1-18-5-2-3-7-22(18)24-17-32-27(20-6-4-12-31-16-20)33-26(24)19-10-13-34(14-11-19)28(35)23-15-21(29)8-9-25(23)30/h2-9,12,15-17,19H,10-11,13-14H2,1H3. The van der Waals surface area contributed by atoms with E-state index in [1.54, 1.807) is 17.3 Å². The summed E-state index contributed by atoms with van der Waals surface area (Å²) in [6, 6.07) is 16.1. The average molecular weight is 487 g/mol. The second kappa shape index (κ2) is 9.92. The number of carbonyl (C=O) groups is 1. The minimum Gasteiger partial charge on any atom is -0.339 e. The molecule has 1 fully saturated rings. The van der Waals surface area contributed by atoms with Gasteiger partial charge >= 0.3 is 0 Å². The van der Waals surface area contributed by atoms with Crippen LogP contribution in [0.2, 0.25) is 5.02 Å². The number of aryl methyl sites for hydroxylation is 1. The number of likely N-dealkylation sites (tertiary alicyclic amines) is 1. The molecular weight excluding hydrogens is 463 g/mol. The van der Waals surface area contributed by atoms with Gasteiger partial charge in [0.15, 0.2) is 5.82 Å². The number of rotatable bonds is 4. The average Bonchev–Trinajstić information content (AvgIpc) is 2.90. The highest BCUT2D eigenvalue weighted by molar-refractivity contribution is 6.31. The molecule has 4 aromatic rings. The van der Waals surface area contributed by atoms with Gasteiger partial charge in [-0.05, 0) is 61.2 Å². The zero-order chi connectivity index (χ0) is 24.4. The molecular formula is C28H24ClFN4O. The summed E-state index contributed by atoms with van der Waals surface area (Å²) >= 11 is 6.00. The number of hydrogen-bond donors (Lipinski definition) is 0. The van der Waals surface area contributed by atoms with Gasteiger partial charge in [-0.1, -0.05) is 35.9 Å². The normalized spacial score (nSPS) is 14.2. The highest BCUT2D eigenvalue weighted by Crippen LogP contribution is 2.36. The lowest BCUT2D eigenvalue weighted by atomic mass is 9.87. The van der Waals surface area contributed by atoms with E-state index in [-0.39, 0.29) is 17.4 Å². The van der Waals surface area contributed by atoms with Gasteiger partial charge in [-0.25, -0.2) is 14.4 Å². The molecule has 0 unspecified atom stereocenters. The summed E-state index contributed by atoms with van der Waals surface area (Å²) in [6.45, 7) is 3.10. The van der Waals surface area contributed by atoms with E-state index in [2.05, 4.69) is 29.0 Å². The van der Waals surface area contributed by atoms with Crippen LogP contribution in [0, 0.1) is 12.7 Å². The highest BCUT2D eigenvalue weighted by Gasteiger charge is 2.29. The Balaban J connectivity index is 1.45. The summed E-state index contributed by atoms with van der Waals surface area (Å²) in [4.78, 5) is 28.5. The van der Waals surface area contributed by atoms with E-state index in [0.29, 0.717) is 23.9 Å². The van der Waals surface area contributed by atoms with Gasteiger partial charge in [-0.3, -0.25) is 9.78 Å². The molecule has 35 heavy (non-hydrogen) atoms. The van der Waals surface area contributed by atoms with Crippen LogP contribution in [0.25, 0.3) is 22.5 Å². The van der Waals surface area contributed by atoms with Crippen molar-refractivity contribution in [3.8, 4) is 22.5 Å². The highest BCUT2D eigenvalue weighted by atomic mass is 35.5. The van der Waals surface area contributed by atoms with Gasteiger partial charge in [0.25, 0.3) is 5.91 Å². The Labute approximate surface area is 208 Å². The summed E-state index contributed by atoms with van der Waals surface area (Å²) < 4.78 is 14.3. The van der Waals surface area contributed by atoms with Crippen LogP contribution in [-0.4, -0.2) is 38.8 Å². The van der Waals surface area contributed by atoms with Crippen LogP contribution < -0.4 is 0 Å². The van der Waals surface area contributed by atoms with Crippen LogP contribution >= 0.6 is 11.6 Å². The second-order valence-corrected chi connectivity index (χ2v) is 9.18. The Kier molecular flexibility index (Phi) is 6.55. The fourth-order valence-corrected chi connectivity index (χ4v) is 4.78. The molecule has 0 spiro atoms. The molecule has 1 saturated heterocycles. The van der Waals surface area contributed by atoms with E-state index in [9.17, 15) is 9.18 Å². The number of piperidine rings is 1. The number of pyridine rings is 1. The molecule has 1 aliphatic rings. The number of hydrogen-bond acceptors (Lipinski definition) is 4. The SMILES string of the molecule is Cc1ccccc1-c1cnc(-c2cccnc2)nc1C1CCN(C(=O)c2cc(Cl)ccc2F)CC1. The van der Waals surface area contributed by atoms with E-state index >= 15 is 0 Å². The van der Waals surface area contributed by atoms with Crippen LogP contribution in [0.15, 0.2) is 73.2 Å². The molecule has 0 radical (unpaired) electrons. The molecule has 0 bridgehead atoms. The predicted octanol–water partition coefficient (Wildman–Crippen LogP) is 6.33. The lowest BCUT2D eigenvalue weighted by molar-refractivity contribution is 0.0707. The molecule has 5 rings (SSSR count). The summed E-state index contributed by atoms with van der Waals surface area (Å²) in [5.41, 5.74) is 5.08. The third-order valence-electron chi connectivity index (χ3n) is 6.50. The minimum atomic E-state index is -0.555. The summed E-state index contributed by atoms with van der Waals surface area (Å²) in [5, 5.41) is 0.344. The van der Waals surface area contributed by atoms with Crippen molar-refractivity contribution in [1.82, 2.24) is 19.9 Å². The monoisotopic (exact) mass is 486 g/mol. The van der Waals surface area contributed by atoms with Crippen molar-refractivity contribution in [3.05, 3.63) is 101 Å². The third kappa shape index (κ3) is 4.80. The summed E-state index contributed by atoms with van der Waals surface area (Å²) in [6.07, 6.45) is 6.81. The van der Waals surface area contributed by atoms with Gasteiger partial charge in [-0.2, -0.15) is 0 Å². The Hall–Kier alpha value is -3.64. The number of amides is 1. The molecule has 0 N–H and O–H groups in total. The first-order valence-electron chi connectivity index (χ1n) is 11.6. The maximum absolute atomic E-state index is 14.3. The van der Waals surface area contributed by atoms with E-state index < -0.39 is 5.82 Å². The van der Waals surface area contributed by atoms with E-state index in [4.69, 9.17) is 16.6 Å². The number of halogens is 2. The quantitative estimate of drug-likeness (QED) is 0.338. The number of nitrogens with zero attached hydrogens (tertiary/aromatic N) is 4. The Morgan fingerprint density at radius 3 is 2.57 bits per heavy atom. The first-order valence-corrected chi connectivity index (χ1v) is 12.0. The van der Waals surface area contributed by atoms with Crippen LogP contribution in [0.4, 0.5) is 4.39 Å². The van der Waals surface area contributed by atoms with Crippen molar-refractivity contribution < 1.29 is 9.18 Å². The van der Waals surface area contributed by atoms with Crippen molar-refractivity contribution in [2.45, 2.75) is 25.7 Å². The van der Waals surface area contributed by atoms with Crippen molar-refractivity contribution in [3.63, 3.8) is 0 Å². The second-order valence-electron chi connectivity index (χ2n) is 8.74. The Morgan fingerprint density at radius 2 is 1.83 bits per heavy atom. The number of carbonyl (C=O) groups excluding carboxylic acids is 1. The van der Waals surface area contributed by atoms with Crippen molar-refractivity contribution >= 4 is 17.5 Å². The fraction of sp³-hybridized carbons (Fsp3) is 0.214. The van der Waals surface area contributed by atoms with Crippen LogP contribution in [0.3, 0.4) is 0 Å². The maximum atomic E-state index is 14.3. The van der Waals surface area contributed by atoms with Crippen LogP contribution in [0.5, 0.6) is 0 Å². The minimum absolute atomic E-state index is 0.0115. The Bertz CT molecular complexity index is 1370. The summed E-state index contributed by atoms with van der Waals surface area (Å²) in [5.74, 6) is -0.122. The topological polar surface area (TPSA) is 59.0 Å². The number of aromatic nitrogens is 3. The molecule has 2 aromatic carbocycles. The molecule has 1 aliphatic heterocycles. The van der Waals surface area contributed by atoms with Gasteiger partial charge in [-0.15, -0.1) is 0 Å². The van der Waals surface area contributed by atoms with Gasteiger partial charge < -0.3 is 4.90 Å². The molecule has 5 nitrogen and oxygen atoms in total. The first kappa shape index (κ1) is 23.1. The molecule has 7 heteroatoms. The largest absolute Gasteiger partial charge is 0.339 e. The fourth-order valence-electron chi connectivity index (χ4n) is 4.61.